The van der Waals surface area contributed by atoms with Gasteiger partial charge in [-0.2, -0.15) is 0 Å². The van der Waals surface area contributed by atoms with E-state index in [-0.39, 0.29) is 18.3 Å². The Morgan fingerprint density at radius 1 is 0.952 bits per heavy atom. The minimum Gasteiger partial charge on any atom is -0.375 e. The Kier molecular flexibility index (Phi) is 14.9. The van der Waals surface area contributed by atoms with E-state index in [4.69, 9.17) is 14.2 Å². The molecule has 2 saturated heterocycles. The van der Waals surface area contributed by atoms with Crippen LogP contribution >= 0.6 is 0 Å². The van der Waals surface area contributed by atoms with E-state index < -0.39 is 5.79 Å². The van der Waals surface area contributed by atoms with Crippen molar-refractivity contribution < 1.29 is 14.2 Å². The monoisotopic (exact) mass is 304 g/mol. The van der Waals surface area contributed by atoms with E-state index in [2.05, 4.69) is 20.8 Å². The van der Waals surface area contributed by atoms with Crippen LogP contribution in [0.2, 0.25) is 0 Å². The number of fused-ring (bicyclic) bond motifs is 1. The fourth-order valence-corrected chi connectivity index (χ4v) is 2.36. The standard InChI is InChI=1S/C11H20O3.C3H8.2C2H6/c1-4-5-8-10-9(6-7-12-8)13-11(2,3)14-10;1-3-2;2*1-2/h8-10H,4-7H2,1-3H3;3H2,1-2H3;2*1-2H3. The van der Waals surface area contributed by atoms with Gasteiger partial charge in [0.2, 0.25) is 0 Å². The van der Waals surface area contributed by atoms with Crippen molar-refractivity contribution in [2.24, 2.45) is 0 Å². The van der Waals surface area contributed by atoms with Gasteiger partial charge in [0, 0.05) is 6.61 Å². The van der Waals surface area contributed by atoms with Crippen LogP contribution in [-0.4, -0.2) is 30.7 Å². The maximum atomic E-state index is 5.87. The second-order valence-corrected chi connectivity index (χ2v) is 5.33. The van der Waals surface area contributed by atoms with E-state index in [1.165, 1.54) is 6.42 Å². The van der Waals surface area contributed by atoms with E-state index in [1.807, 2.05) is 41.5 Å². The lowest BCUT2D eigenvalue weighted by Gasteiger charge is -2.31. The number of hydrogen-bond acceptors (Lipinski definition) is 3. The molecule has 3 atom stereocenters. The maximum absolute atomic E-state index is 5.87. The van der Waals surface area contributed by atoms with Crippen molar-refractivity contribution in [3.63, 3.8) is 0 Å². The van der Waals surface area contributed by atoms with E-state index in [9.17, 15) is 0 Å². The molecule has 2 heterocycles. The number of hydrogen-bond donors (Lipinski definition) is 0. The van der Waals surface area contributed by atoms with Gasteiger partial charge in [0.25, 0.3) is 0 Å². The van der Waals surface area contributed by atoms with Gasteiger partial charge in [0.1, 0.15) is 6.10 Å². The summed E-state index contributed by atoms with van der Waals surface area (Å²) in [6.45, 7) is 19.2. The Hall–Kier alpha value is -0.120. The lowest BCUT2D eigenvalue weighted by atomic mass is 9.99. The molecule has 0 aromatic carbocycles. The average Bonchev–Trinajstić information content (AvgIpc) is 2.80. The Labute approximate surface area is 133 Å². The first-order valence-corrected chi connectivity index (χ1v) is 9.01. The maximum Gasteiger partial charge on any atom is 0.163 e. The largest absolute Gasteiger partial charge is 0.375 e. The molecule has 0 N–H and O–H groups in total. The predicted octanol–water partition coefficient (Wildman–Crippen LogP) is 5.56. The SMILES string of the molecule is CC.CC.CCC.CCCC1OCCC2OC(C)(C)OC12. The van der Waals surface area contributed by atoms with E-state index in [0.29, 0.717) is 0 Å². The molecule has 2 aliphatic heterocycles. The van der Waals surface area contributed by atoms with E-state index >= 15 is 0 Å². The van der Waals surface area contributed by atoms with E-state index in [0.717, 1.165) is 25.9 Å². The van der Waals surface area contributed by atoms with Crippen LogP contribution in [0.1, 0.15) is 88.0 Å². The molecular formula is C18H40O3. The molecule has 2 fully saturated rings. The Bertz CT molecular complexity index is 215. The van der Waals surface area contributed by atoms with Gasteiger partial charge < -0.3 is 14.2 Å². The van der Waals surface area contributed by atoms with Gasteiger partial charge in [-0.15, -0.1) is 0 Å². The highest BCUT2D eigenvalue weighted by Gasteiger charge is 2.47. The second kappa shape index (κ2) is 13.5. The van der Waals surface area contributed by atoms with Crippen molar-refractivity contribution in [2.45, 2.75) is 112 Å². The molecule has 0 spiro atoms. The molecule has 3 unspecified atom stereocenters. The highest BCUT2D eigenvalue weighted by molar-refractivity contribution is 4.89. The fourth-order valence-electron chi connectivity index (χ4n) is 2.36. The van der Waals surface area contributed by atoms with Gasteiger partial charge in [-0.05, 0) is 26.7 Å². The van der Waals surface area contributed by atoms with Crippen LogP contribution in [0, 0.1) is 0 Å². The van der Waals surface area contributed by atoms with Crippen molar-refractivity contribution in [1.29, 1.82) is 0 Å². The first-order valence-electron chi connectivity index (χ1n) is 9.01. The van der Waals surface area contributed by atoms with Crippen LogP contribution in [0.25, 0.3) is 0 Å². The summed E-state index contributed by atoms with van der Waals surface area (Å²) in [5.74, 6) is -0.422. The summed E-state index contributed by atoms with van der Waals surface area (Å²) in [7, 11) is 0. The zero-order valence-electron chi connectivity index (χ0n) is 16.0. The zero-order chi connectivity index (χ0) is 16.9. The molecule has 0 saturated carbocycles. The van der Waals surface area contributed by atoms with Gasteiger partial charge in [-0.25, -0.2) is 0 Å². The predicted molar refractivity (Wildman–Crippen MR) is 91.8 cm³/mol. The summed E-state index contributed by atoms with van der Waals surface area (Å²) in [6.07, 6.45) is 5.06. The third kappa shape index (κ3) is 8.80. The van der Waals surface area contributed by atoms with Crippen molar-refractivity contribution >= 4 is 0 Å². The van der Waals surface area contributed by atoms with Gasteiger partial charge in [0.05, 0.1) is 12.2 Å². The summed E-state index contributed by atoms with van der Waals surface area (Å²) < 4.78 is 17.4. The molecule has 130 valence electrons. The van der Waals surface area contributed by atoms with Crippen molar-refractivity contribution in [3.05, 3.63) is 0 Å². The van der Waals surface area contributed by atoms with Gasteiger partial charge >= 0.3 is 0 Å². The molecular weight excluding hydrogens is 264 g/mol. The quantitative estimate of drug-likeness (QED) is 0.668. The molecule has 0 amide bonds. The number of ether oxygens (including phenoxy) is 3. The molecule has 3 nitrogen and oxygen atoms in total. The molecule has 2 aliphatic rings. The summed E-state index contributed by atoms with van der Waals surface area (Å²) in [6, 6.07) is 0. The fraction of sp³-hybridized carbons (Fsp3) is 1.00. The summed E-state index contributed by atoms with van der Waals surface area (Å²) in [5.41, 5.74) is 0. The van der Waals surface area contributed by atoms with Gasteiger partial charge in [0.15, 0.2) is 5.79 Å². The lowest BCUT2D eigenvalue weighted by molar-refractivity contribution is -0.154. The molecule has 0 aromatic rings. The van der Waals surface area contributed by atoms with Crippen LogP contribution in [-0.2, 0) is 14.2 Å². The highest BCUT2D eigenvalue weighted by atomic mass is 16.8. The summed E-state index contributed by atoms with van der Waals surface area (Å²) in [4.78, 5) is 0. The minimum atomic E-state index is -0.422. The first kappa shape index (κ1) is 23.2. The van der Waals surface area contributed by atoms with Crippen LogP contribution < -0.4 is 0 Å². The molecule has 3 heteroatoms. The smallest absolute Gasteiger partial charge is 0.163 e. The highest BCUT2D eigenvalue weighted by Crippen LogP contribution is 2.36. The van der Waals surface area contributed by atoms with Crippen molar-refractivity contribution in [3.8, 4) is 0 Å². The van der Waals surface area contributed by atoms with Crippen LogP contribution in [0.15, 0.2) is 0 Å². The topological polar surface area (TPSA) is 27.7 Å². The lowest BCUT2D eigenvalue weighted by Crippen LogP contribution is -2.42. The molecule has 21 heavy (non-hydrogen) atoms. The second-order valence-electron chi connectivity index (χ2n) is 5.33. The molecule has 2 rings (SSSR count). The van der Waals surface area contributed by atoms with Crippen LogP contribution in [0.5, 0.6) is 0 Å². The minimum absolute atomic E-state index is 0.152. The zero-order valence-corrected chi connectivity index (χ0v) is 16.0. The molecule has 0 aromatic heterocycles. The Balaban J connectivity index is 0. The van der Waals surface area contributed by atoms with Crippen molar-refractivity contribution in [2.75, 3.05) is 6.61 Å². The van der Waals surface area contributed by atoms with Crippen molar-refractivity contribution in [1.82, 2.24) is 0 Å². The van der Waals surface area contributed by atoms with Gasteiger partial charge in [-0.1, -0.05) is 61.3 Å². The summed E-state index contributed by atoms with van der Waals surface area (Å²) in [5, 5.41) is 0. The molecule has 0 radical (unpaired) electrons. The van der Waals surface area contributed by atoms with Crippen LogP contribution in [0.4, 0.5) is 0 Å². The summed E-state index contributed by atoms with van der Waals surface area (Å²) >= 11 is 0. The van der Waals surface area contributed by atoms with E-state index in [1.54, 1.807) is 0 Å². The first-order chi connectivity index (χ1) is 10.0. The van der Waals surface area contributed by atoms with Crippen LogP contribution in [0.3, 0.4) is 0 Å². The average molecular weight is 305 g/mol. The number of rotatable bonds is 2. The molecule has 0 bridgehead atoms. The molecule has 0 aliphatic carbocycles. The Morgan fingerprint density at radius 2 is 1.48 bits per heavy atom. The normalized spacial score (nSPS) is 28.7. The third-order valence-corrected chi connectivity index (χ3v) is 2.90. The third-order valence-electron chi connectivity index (χ3n) is 2.90. The van der Waals surface area contributed by atoms with Gasteiger partial charge in [-0.3, -0.25) is 0 Å². The Morgan fingerprint density at radius 3 is 1.95 bits per heavy atom.